The van der Waals surface area contributed by atoms with Crippen LogP contribution in [-0.2, 0) is 30.7 Å². The van der Waals surface area contributed by atoms with Crippen LogP contribution in [0, 0.1) is 11.8 Å². The second kappa shape index (κ2) is 16.3. The standard InChI is InChI=1S/C8H15NO4.C5H14N2O2.Pt/c1-9(2)4-3-6(8(12)13)5-7(10)11;6-1-4(2-8)5(7)3-9;/h6H,3-5H2,1-2H3,(H,10,11)(H,12,13);4-5,8-9H,1-3,6-7H2;/q;;+2/p-2. The van der Waals surface area contributed by atoms with Crippen LogP contribution in [0.1, 0.15) is 12.8 Å². The first-order valence-corrected chi connectivity index (χ1v) is 6.92. The van der Waals surface area contributed by atoms with Gasteiger partial charge >= 0.3 is 21.1 Å². The molecule has 0 saturated heterocycles. The zero-order valence-electron chi connectivity index (χ0n) is 13.4. The van der Waals surface area contributed by atoms with Crippen molar-refractivity contribution < 1.29 is 51.1 Å². The molecule has 0 heterocycles. The number of rotatable bonds is 10. The normalized spacial score (nSPS) is 14.0. The molecule has 0 aliphatic rings. The van der Waals surface area contributed by atoms with Gasteiger partial charge in [-0.05, 0) is 40.0 Å². The van der Waals surface area contributed by atoms with Gasteiger partial charge in [-0.2, -0.15) is 0 Å². The van der Waals surface area contributed by atoms with E-state index in [-0.39, 0.29) is 52.7 Å². The Balaban J connectivity index is -0.000000354. The number of carbonyl (C=O) groups excluding carboxylic acids is 2. The summed E-state index contributed by atoms with van der Waals surface area (Å²) in [4.78, 5) is 22.4. The van der Waals surface area contributed by atoms with Gasteiger partial charge in [-0.3, -0.25) is 0 Å². The molecule has 0 aliphatic carbocycles. The van der Waals surface area contributed by atoms with Gasteiger partial charge in [-0.25, -0.2) is 0 Å². The van der Waals surface area contributed by atoms with Crippen LogP contribution in [0.4, 0.5) is 0 Å². The Kier molecular flexibility index (Phi) is 19.3. The van der Waals surface area contributed by atoms with Crippen molar-refractivity contribution in [2.75, 3.05) is 40.4 Å². The summed E-state index contributed by atoms with van der Waals surface area (Å²) in [7, 11) is 3.57. The van der Waals surface area contributed by atoms with Crippen molar-refractivity contribution in [1.29, 1.82) is 0 Å². The van der Waals surface area contributed by atoms with E-state index in [1.807, 2.05) is 0 Å². The monoisotopic (exact) mass is 516 g/mol. The fraction of sp³-hybridized carbons (Fsp3) is 0.846. The van der Waals surface area contributed by atoms with E-state index in [4.69, 9.17) is 21.7 Å². The minimum Gasteiger partial charge on any atom is -0.550 e. The van der Waals surface area contributed by atoms with E-state index in [1.54, 1.807) is 19.0 Å². The number of nitrogens with zero attached hydrogens (tertiary/aromatic N) is 1. The van der Waals surface area contributed by atoms with E-state index in [0.717, 1.165) is 0 Å². The predicted molar refractivity (Wildman–Crippen MR) is 76.0 cm³/mol. The second-order valence-corrected chi connectivity index (χ2v) is 5.21. The number of carbonyl (C=O) groups is 2. The molecule has 0 aromatic carbocycles. The molecule has 3 unspecified atom stereocenters. The van der Waals surface area contributed by atoms with Gasteiger partial charge in [-0.1, -0.05) is 0 Å². The second-order valence-electron chi connectivity index (χ2n) is 5.21. The maximum Gasteiger partial charge on any atom is 2.00 e. The number of aliphatic hydroxyl groups excluding tert-OH is 2. The summed E-state index contributed by atoms with van der Waals surface area (Å²) in [6, 6.07) is -0.389. The van der Waals surface area contributed by atoms with Crippen LogP contribution < -0.4 is 21.7 Å². The Hall–Kier alpha value is -0.572. The van der Waals surface area contributed by atoms with Crippen LogP contribution in [0.15, 0.2) is 0 Å². The zero-order valence-corrected chi connectivity index (χ0v) is 15.7. The summed E-state index contributed by atoms with van der Waals surface area (Å²) in [5.74, 6) is -3.80. The summed E-state index contributed by atoms with van der Waals surface area (Å²) in [5.41, 5.74) is 10.6. The number of aliphatic carboxylic acids is 2. The van der Waals surface area contributed by atoms with E-state index >= 15 is 0 Å². The molecule has 0 spiro atoms. The molecule has 0 saturated carbocycles. The first kappa shape index (κ1) is 27.3. The van der Waals surface area contributed by atoms with Crippen LogP contribution in [0.2, 0.25) is 0 Å². The summed E-state index contributed by atoms with van der Waals surface area (Å²) < 4.78 is 0. The molecule has 10 heteroatoms. The molecular weight excluding hydrogens is 489 g/mol. The van der Waals surface area contributed by atoms with E-state index in [9.17, 15) is 19.8 Å². The SMILES string of the molecule is CN(C)CCC(CC(=O)[O-])C(=O)[O-].NCC(CO)C(N)CO.[Pt+2]. The van der Waals surface area contributed by atoms with Gasteiger partial charge in [0.25, 0.3) is 0 Å². The Morgan fingerprint density at radius 1 is 1.17 bits per heavy atom. The molecule has 9 nitrogen and oxygen atoms in total. The van der Waals surface area contributed by atoms with E-state index in [1.165, 1.54) is 0 Å². The van der Waals surface area contributed by atoms with Crippen molar-refractivity contribution in [3.05, 3.63) is 0 Å². The quantitative estimate of drug-likeness (QED) is 0.222. The summed E-state index contributed by atoms with van der Waals surface area (Å²) in [5, 5.41) is 37.6. The van der Waals surface area contributed by atoms with Crippen molar-refractivity contribution in [3.8, 4) is 0 Å². The molecule has 0 fully saturated rings. The van der Waals surface area contributed by atoms with Crippen molar-refractivity contribution in [2.45, 2.75) is 18.9 Å². The Labute approximate surface area is 150 Å². The summed E-state index contributed by atoms with van der Waals surface area (Å²) >= 11 is 0. The molecule has 0 radical (unpaired) electrons. The fourth-order valence-electron chi connectivity index (χ4n) is 1.45. The Morgan fingerprint density at radius 3 is 1.91 bits per heavy atom. The Morgan fingerprint density at radius 2 is 1.70 bits per heavy atom. The minimum atomic E-state index is -1.35. The topological polar surface area (TPSA) is 176 Å². The largest absolute Gasteiger partial charge is 2.00 e. The molecule has 0 bridgehead atoms. The average Bonchev–Trinajstić information content (AvgIpc) is 2.44. The maximum atomic E-state index is 10.4. The molecule has 0 aromatic heterocycles. The molecule has 0 rings (SSSR count). The summed E-state index contributed by atoms with van der Waals surface area (Å²) in [6.45, 7) is 0.658. The van der Waals surface area contributed by atoms with E-state index < -0.39 is 24.3 Å². The molecule has 140 valence electrons. The predicted octanol–water partition coefficient (Wildman–Crippen LogP) is -4.69. The molecule has 3 atom stereocenters. The van der Waals surface area contributed by atoms with Gasteiger partial charge in [0.15, 0.2) is 0 Å². The van der Waals surface area contributed by atoms with Crippen LogP contribution >= 0.6 is 0 Å². The smallest absolute Gasteiger partial charge is 0.550 e. The third-order valence-corrected chi connectivity index (χ3v) is 3.02. The first-order valence-electron chi connectivity index (χ1n) is 6.92. The van der Waals surface area contributed by atoms with Gasteiger partial charge < -0.3 is 46.4 Å². The molecule has 0 amide bonds. The zero-order chi connectivity index (χ0) is 17.7. The molecule has 6 N–H and O–H groups in total. The maximum absolute atomic E-state index is 10.4. The van der Waals surface area contributed by atoms with Gasteiger partial charge in [0, 0.05) is 36.4 Å². The van der Waals surface area contributed by atoms with Gasteiger partial charge in [0.2, 0.25) is 0 Å². The van der Waals surface area contributed by atoms with Crippen molar-refractivity contribution >= 4 is 11.9 Å². The van der Waals surface area contributed by atoms with Gasteiger partial charge in [-0.15, -0.1) is 0 Å². The third kappa shape index (κ3) is 16.1. The molecule has 0 aromatic rings. The van der Waals surface area contributed by atoms with Crippen molar-refractivity contribution in [3.63, 3.8) is 0 Å². The molecule has 23 heavy (non-hydrogen) atoms. The summed E-state index contributed by atoms with van der Waals surface area (Å²) in [6.07, 6.45) is -0.209. The number of nitrogens with two attached hydrogens (primary N) is 2. The number of carboxylic acids is 2. The number of aliphatic hydroxyl groups is 2. The van der Waals surface area contributed by atoms with Crippen LogP contribution in [0.25, 0.3) is 0 Å². The van der Waals surface area contributed by atoms with Gasteiger partial charge in [0.05, 0.1) is 6.61 Å². The molecular formula is C13H27N3O6Pt. The van der Waals surface area contributed by atoms with Crippen molar-refractivity contribution in [1.82, 2.24) is 4.90 Å². The Bertz CT molecular complexity index is 316. The van der Waals surface area contributed by atoms with Crippen LogP contribution in [-0.4, -0.2) is 73.5 Å². The van der Waals surface area contributed by atoms with Crippen LogP contribution in [0.5, 0.6) is 0 Å². The van der Waals surface area contributed by atoms with Crippen molar-refractivity contribution in [2.24, 2.45) is 23.3 Å². The number of carboxylic acid groups (broad SMARTS) is 2. The first-order chi connectivity index (χ1) is 10.2. The third-order valence-electron chi connectivity index (χ3n) is 3.02. The van der Waals surface area contributed by atoms with E-state index in [0.29, 0.717) is 13.1 Å². The minimum absolute atomic E-state index is 0. The fourth-order valence-corrected chi connectivity index (χ4v) is 1.45. The van der Waals surface area contributed by atoms with Gasteiger partial charge in [0.1, 0.15) is 0 Å². The average molecular weight is 516 g/mol. The van der Waals surface area contributed by atoms with Crippen LogP contribution in [0.3, 0.4) is 0 Å². The van der Waals surface area contributed by atoms with E-state index in [2.05, 4.69) is 0 Å². The molecule has 0 aliphatic heterocycles. The number of hydrogen-bond donors (Lipinski definition) is 4. The number of hydrogen-bond acceptors (Lipinski definition) is 9.